The topological polar surface area (TPSA) is 13.1 Å². The molecule has 0 unspecified atom stereocenters. The second kappa shape index (κ2) is 13.6. The highest BCUT2D eigenvalue weighted by Crippen LogP contribution is 2.41. The predicted octanol–water partition coefficient (Wildman–Crippen LogP) is 14.7. The maximum Gasteiger partial charge on any atom is 0.0619 e. The summed E-state index contributed by atoms with van der Waals surface area (Å²) in [7, 11) is 0. The lowest BCUT2D eigenvalue weighted by atomic mass is 10.0. The highest BCUT2D eigenvalue weighted by atomic mass is 15.1. The van der Waals surface area contributed by atoms with Gasteiger partial charge in [0.05, 0.1) is 22.1 Å². The van der Waals surface area contributed by atoms with Crippen LogP contribution >= 0.6 is 0 Å². The van der Waals surface area contributed by atoms with Crippen molar-refractivity contribution >= 4 is 60.7 Å². The molecule has 0 aliphatic heterocycles. The Morgan fingerprint density at radius 3 is 1.40 bits per heavy atom. The normalized spacial score (nSPS) is 11.5. The molecule has 11 rings (SSSR count). The Kier molecular flexibility index (Phi) is 7.82. The molecule has 57 heavy (non-hydrogen) atoms. The highest BCUT2D eigenvalue weighted by Gasteiger charge is 2.19. The first kappa shape index (κ1) is 32.8. The smallest absolute Gasteiger partial charge is 0.0619 e. The summed E-state index contributed by atoms with van der Waals surface area (Å²) in [5.74, 6) is 0. The van der Waals surface area contributed by atoms with Gasteiger partial charge >= 0.3 is 0 Å². The second-order valence-corrected chi connectivity index (χ2v) is 14.6. The van der Waals surface area contributed by atoms with Crippen LogP contribution in [-0.4, -0.2) is 9.13 Å². The van der Waals surface area contributed by atoms with Gasteiger partial charge < -0.3 is 14.0 Å². The summed E-state index contributed by atoms with van der Waals surface area (Å²) in [6.45, 7) is 0. The van der Waals surface area contributed by atoms with E-state index < -0.39 is 0 Å². The third-order valence-electron chi connectivity index (χ3n) is 11.3. The lowest BCUT2D eigenvalue weighted by Crippen LogP contribution is -2.10. The quantitative estimate of drug-likeness (QED) is 0.159. The van der Waals surface area contributed by atoms with E-state index in [0.29, 0.717) is 0 Å². The number of hydrogen-bond donors (Lipinski definition) is 0. The second-order valence-electron chi connectivity index (χ2n) is 14.6. The van der Waals surface area contributed by atoms with Crippen LogP contribution in [0.2, 0.25) is 0 Å². The molecule has 9 aromatic carbocycles. The lowest BCUT2D eigenvalue weighted by Gasteiger charge is -2.26. The standard InChI is InChI=1S/C54H37N3/c1-3-15-38(16-4-1)40-17-13-20-45(37-40)55(43-33-35-44(36-34-43)56-51-26-10-7-21-47(51)48-22-8-11-27-52(48)56)42-31-29-39(30-32-42)46-24-14-25-50-49-23-9-12-28-53(49)57(54(46)50)41-18-5-2-6-19-41/h1-37H. The van der Waals surface area contributed by atoms with E-state index in [2.05, 4.69) is 238 Å². The average Bonchev–Trinajstić information content (AvgIpc) is 3.81. The fourth-order valence-electron chi connectivity index (χ4n) is 8.74. The first-order valence-electron chi connectivity index (χ1n) is 19.5. The Morgan fingerprint density at radius 2 is 0.754 bits per heavy atom. The lowest BCUT2D eigenvalue weighted by molar-refractivity contribution is 1.17. The van der Waals surface area contributed by atoms with Crippen LogP contribution in [0.4, 0.5) is 17.1 Å². The number of anilines is 3. The molecule has 268 valence electrons. The van der Waals surface area contributed by atoms with Crippen molar-refractivity contribution in [3.05, 3.63) is 224 Å². The van der Waals surface area contributed by atoms with E-state index in [1.165, 1.54) is 65.9 Å². The average molecular weight is 728 g/mol. The monoisotopic (exact) mass is 727 g/mol. The molecule has 3 heteroatoms. The number of hydrogen-bond acceptors (Lipinski definition) is 1. The van der Waals surface area contributed by atoms with Crippen LogP contribution < -0.4 is 4.90 Å². The molecule has 2 heterocycles. The number of benzene rings is 9. The van der Waals surface area contributed by atoms with Crippen LogP contribution in [0.3, 0.4) is 0 Å². The van der Waals surface area contributed by atoms with Crippen molar-refractivity contribution in [1.82, 2.24) is 9.13 Å². The van der Waals surface area contributed by atoms with Crippen molar-refractivity contribution in [2.45, 2.75) is 0 Å². The van der Waals surface area contributed by atoms with Gasteiger partial charge in [0.1, 0.15) is 0 Å². The van der Waals surface area contributed by atoms with E-state index >= 15 is 0 Å². The van der Waals surface area contributed by atoms with Gasteiger partial charge in [-0.15, -0.1) is 0 Å². The number of aromatic nitrogens is 2. The van der Waals surface area contributed by atoms with Crippen molar-refractivity contribution in [1.29, 1.82) is 0 Å². The van der Waals surface area contributed by atoms with E-state index in [0.717, 1.165) is 28.4 Å². The summed E-state index contributed by atoms with van der Waals surface area (Å²) in [5.41, 5.74) is 15.1. The highest BCUT2D eigenvalue weighted by molar-refractivity contribution is 6.14. The van der Waals surface area contributed by atoms with Crippen LogP contribution in [0, 0.1) is 0 Å². The molecule has 0 N–H and O–H groups in total. The third-order valence-corrected chi connectivity index (χ3v) is 11.3. The van der Waals surface area contributed by atoms with Gasteiger partial charge in [-0.1, -0.05) is 146 Å². The minimum atomic E-state index is 1.09. The van der Waals surface area contributed by atoms with Gasteiger partial charge in [0.25, 0.3) is 0 Å². The SMILES string of the molecule is c1ccc(-c2cccc(N(c3ccc(-c4cccc5c6ccccc6n(-c6ccccc6)c45)cc3)c3ccc(-n4c5ccccc5c5ccccc54)cc3)c2)cc1. The van der Waals surface area contributed by atoms with Crippen LogP contribution in [0.5, 0.6) is 0 Å². The molecule has 3 nitrogen and oxygen atoms in total. The van der Waals surface area contributed by atoms with Gasteiger partial charge in [-0.25, -0.2) is 0 Å². The molecule has 0 amide bonds. The van der Waals surface area contributed by atoms with Crippen molar-refractivity contribution in [3.63, 3.8) is 0 Å². The van der Waals surface area contributed by atoms with Crippen molar-refractivity contribution in [3.8, 4) is 33.6 Å². The Labute approximate surface area is 331 Å². The Hall–Kier alpha value is -7.62. The van der Waals surface area contributed by atoms with Gasteiger partial charge in [-0.3, -0.25) is 0 Å². The van der Waals surface area contributed by atoms with Crippen LogP contribution in [-0.2, 0) is 0 Å². The molecule has 0 aliphatic carbocycles. The van der Waals surface area contributed by atoms with Gasteiger partial charge in [0.2, 0.25) is 0 Å². The summed E-state index contributed by atoms with van der Waals surface area (Å²) >= 11 is 0. The van der Waals surface area contributed by atoms with Gasteiger partial charge in [-0.2, -0.15) is 0 Å². The first-order valence-corrected chi connectivity index (χ1v) is 19.5. The van der Waals surface area contributed by atoms with Crippen LogP contribution in [0.15, 0.2) is 224 Å². The maximum absolute atomic E-state index is 2.41. The molecule has 0 saturated carbocycles. The number of fused-ring (bicyclic) bond motifs is 6. The van der Waals surface area contributed by atoms with Crippen LogP contribution in [0.1, 0.15) is 0 Å². The van der Waals surface area contributed by atoms with Crippen molar-refractivity contribution < 1.29 is 0 Å². The zero-order valence-corrected chi connectivity index (χ0v) is 31.2. The Bertz CT molecular complexity index is 3160. The molecule has 0 bridgehead atoms. The Morgan fingerprint density at radius 1 is 0.281 bits per heavy atom. The molecule has 2 aromatic heterocycles. The maximum atomic E-state index is 2.41. The molecule has 11 aromatic rings. The molecule has 0 atom stereocenters. The Balaban J connectivity index is 1.05. The summed E-state index contributed by atoms with van der Waals surface area (Å²) in [6, 6.07) is 81.0. The minimum Gasteiger partial charge on any atom is -0.310 e. The zero-order valence-electron chi connectivity index (χ0n) is 31.2. The van der Waals surface area contributed by atoms with E-state index in [1.807, 2.05) is 0 Å². The molecule has 0 aliphatic rings. The summed E-state index contributed by atoms with van der Waals surface area (Å²) in [6.07, 6.45) is 0. The zero-order chi connectivity index (χ0) is 37.7. The molecule has 0 radical (unpaired) electrons. The first-order chi connectivity index (χ1) is 28.3. The number of rotatable bonds is 7. The fraction of sp³-hybridized carbons (Fsp3) is 0. The van der Waals surface area contributed by atoms with E-state index in [1.54, 1.807) is 0 Å². The van der Waals surface area contributed by atoms with E-state index in [9.17, 15) is 0 Å². The van der Waals surface area contributed by atoms with E-state index in [-0.39, 0.29) is 0 Å². The van der Waals surface area contributed by atoms with Gasteiger partial charge in [-0.05, 0) is 95.6 Å². The summed E-state index contributed by atoms with van der Waals surface area (Å²) < 4.78 is 4.78. The van der Waals surface area contributed by atoms with Crippen molar-refractivity contribution in [2.75, 3.05) is 4.90 Å². The third kappa shape index (κ3) is 5.51. The molecule has 0 spiro atoms. The van der Waals surface area contributed by atoms with Gasteiger partial charge in [0.15, 0.2) is 0 Å². The minimum absolute atomic E-state index is 1.09. The molecular formula is C54H37N3. The fourth-order valence-corrected chi connectivity index (χ4v) is 8.74. The number of nitrogens with zero attached hydrogens (tertiary/aromatic N) is 3. The summed E-state index contributed by atoms with van der Waals surface area (Å²) in [5, 5.41) is 5.02. The molecule has 0 fully saturated rings. The van der Waals surface area contributed by atoms with Gasteiger partial charge in [0, 0.05) is 55.5 Å². The number of para-hydroxylation sites is 5. The molecule has 0 saturated heterocycles. The molecular weight excluding hydrogens is 691 g/mol. The van der Waals surface area contributed by atoms with E-state index in [4.69, 9.17) is 0 Å². The predicted molar refractivity (Wildman–Crippen MR) is 241 cm³/mol. The van der Waals surface area contributed by atoms with Crippen LogP contribution in [0.25, 0.3) is 77.2 Å². The summed E-state index contributed by atoms with van der Waals surface area (Å²) in [4.78, 5) is 2.37. The van der Waals surface area contributed by atoms with Crippen molar-refractivity contribution in [2.24, 2.45) is 0 Å². The largest absolute Gasteiger partial charge is 0.310 e.